The van der Waals surface area contributed by atoms with Crippen LogP contribution in [0.3, 0.4) is 0 Å². The van der Waals surface area contributed by atoms with Crippen LogP contribution in [0.2, 0.25) is 0 Å². The van der Waals surface area contributed by atoms with Gasteiger partial charge in [-0.15, -0.1) is 0 Å². The highest BCUT2D eigenvalue weighted by Gasteiger charge is 2.24. The predicted molar refractivity (Wildman–Crippen MR) is 92.9 cm³/mol. The maximum Gasteiger partial charge on any atom is 0.408 e. The van der Waals surface area contributed by atoms with E-state index < -0.39 is 35.7 Å². The normalized spacial score (nSPS) is 13.3. The van der Waals surface area contributed by atoms with E-state index in [1.807, 2.05) is 0 Å². The number of anilines is 1. The molecule has 4 N–H and O–H groups in total. The number of amides is 2. The highest BCUT2D eigenvalue weighted by Crippen LogP contribution is 2.13. The average molecular weight is 351 g/mol. The standard InChI is InChI=1S/C17H25N3O5/c1-10(20-16(23)25-17(3,4)5)14(21)19-11(2)15(22)24-13-8-6-12(18)7-9-13/h6-11H,18H2,1-5H3,(H,19,21)(H,20,23)/t10-,11-/m1/s1. The monoisotopic (exact) mass is 351 g/mol. The molecular formula is C17H25N3O5. The van der Waals surface area contributed by atoms with E-state index >= 15 is 0 Å². The van der Waals surface area contributed by atoms with E-state index in [0.717, 1.165) is 0 Å². The first kappa shape index (κ1) is 20.3. The lowest BCUT2D eigenvalue weighted by Crippen LogP contribution is -2.50. The Morgan fingerprint density at radius 3 is 2.08 bits per heavy atom. The lowest BCUT2D eigenvalue weighted by molar-refractivity contribution is -0.139. The molecule has 0 saturated heterocycles. The number of carbonyl (C=O) groups is 3. The number of rotatable bonds is 5. The molecule has 0 radical (unpaired) electrons. The minimum atomic E-state index is -0.895. The van der Waals surface area contributed by atoms with Gasteiger partial charge < -0.3 is 25.8 Å². The smallest absolute Gasteiger partial charge is 0.408 e. The molecule has 2 atom stereocenters. The molecule has 0 aliphatic rings. The van der Waals surface area contributed by atoms with E-state index in [4.69, 9.17) is 15.2 Å². The Balaban J connectivity index is 2.50. The second-order valence-corrected chi connectivity index (χ2v) is 6.59. The van der Waals surface area contributed by atoms with Crippen molar-refractivity contribution in [3.05, 3.63) is 24.3 Å². The molecule has 0 aromatic heterocycles. The number of nitrogen functional groups attached to an aromatic ring is 1. The highest BCUT2D eigenvalue weighted by atomic mass is 16.6. The molecule has 1 rings (SSSR count). The number of hydrogen-bond donors (Lipinski definition) is 3. The van der Waals surface area contributed by atoms with Gasteiger partial charge in [0.2, 0.25) is 5.91 Å². The van der Waals surface area contributed by atoms with Gasteiger partial charge in [-0.2, -0.15) is 0 Å². The number of alkyl carbamates (subject to hydrolysis) is 1. The summed E-state index contributed by atoms with van der Waals surface area (Å²) < 4.78 is 10.2. The van der Waals surface area contributed by atoms with Crippen molar-refractivity contribution < 1.29 is 23.9 Å². The Labute approximate surface area is 147 Å². The molecule has 0 saturated carbocycles. The van der Waals surface area contributed by atoms with E-state index in [1.54, 1.807) is 45.0 Å². The van der Waals surface area contributed by atoms with Crippen LogP contribution in [-0.4, -0.2) is 35.7 Å². The summed E-state index contributed by atoms with van der Waals surface area (Å²) >= 11 is 0. The van der Waals surface area contributed by atoms with Crippen molar-refractivity contribution in [2.75, 3.05) is 5.73 Å². The van der Waals surface area contributed by atoms with Gasteiger partial charge in [0.05, 0.1) is 0 Å². The van der Waals surface area contributed by atoms with Gasteiger partial charge in [0.25, 0.3) is 0 Å². The molecule has 0 bridgehead atoms. The second kappa shape index (κ2) is 8.36. The first-order valence-electron chi connectivity index (χ1n) is 7.85. The van der Waals surface area contributed by atoms with Crippen molar-refractivity contribution in [3.8, 4) is 5.75 Å². The molecule has 8 heteroatoms. The SMILES string of the molecule is C[C@@H](NC(=O)OC(C)(C)C)C(=O)N[C@H](C)C(=O)Oc1ccc(N)cc1. The van der Waals surface area contributed by atoms with E-state index in [0.29, 0.717) is 11.4 Å². The fourth-order valence-corrected chi connectivity index (χ4v) is 1.69. The van der Waals surface area contributed by atoms with Crippen LogP contribution in [-0.2, 0) is 14.3 Å². The van der Waals surface area contributed by atoms with Crippen LogP contribution in [0.1, 0.15) is 34.6 Å². The van der Waals surface area contributed by atoms with Gasteiger partial charge in [0, 0.05) is 5.69 Å². The van der Waals surface area contributed by atoms with Crippen molar-refractivity contribution in [2.24, 2.45) is 0 Å². The van der Waals surface area contributed by atoms with Gasteiger partial charge in [-0.25, -0.2) is 9.59 Å². The molecule has 138 valence electrons. The Hall–Kier alpha value is -2.77. The summed E-state index contributed by atoms with van der Waals surface area (Å²) in [6.45, 7) is 8.11. The summed E-state index contributed by atoms with van der Waals surface area (Å²) in [6.07, 6.45) is -0.716. The van der Waals surface area contributed by atoms with Gasteiger partial charge in [-0.3, -0.25) is 4.79 Å². The number of ether oxygens (including phenoxy) is 2. The summed E-state index contributed by atoms with van der Waals surface area (Å²) in [6, 6.07) is 4.52. The summed E-state index contributed by atoms with van der Waals surface area (Å²) in [7, 11) is 0. The third kappa shape index (κ3) is 7.56. The third-order valence-electron chi connectivity index (χ3n) is 2.94. The Morgan fingerprint density at radius 1 is 1.00 bits per heavy atom. The van der Waals surface area contributed by atoms with E-state index in [1.165, 1.54) is 13.8 Å². The summed E-state index contributed by atoms with van der Waals surface area (Å²) in [5.41, 5.74) is 5.43. The molecule has 0 aliphatic carbocycles. The number of esters is 1. The zero-order valence-electron chi connectivity index (χ0n) is 15.1. The number of hydrogen-bond acceptors (Lipinski definition) is 6. The average Bonchev–Trinajstić information content (AvgIpc) is 2.47. The summed E-state index contributed by atoms with van der Waals surface area (Å²) in [5, 5.41) is 4.87. The largest absolute Gasteiger partial charge is 0.444 e. The number of benzene rings is 1. The lowest BCUT2D eigenvalue weighted by atomic mass is 10.2. The molecular weight excluding hydrogens is 326 g/mol. The van der Waals surface area contributed by atoms with Crippen molar-refractivity contribution in [1.29, 1.82) is 0 Å². The molecule has 0 heterocycles. The van der Waals surface area contributed by atoms with Crippen LogP contribution >= 0.6 is 0 Å². The van der Waals surface area contributed by atoms with Gasteiger partial charge >= 0.3 is 12.1 Å². The van der Waals surface area contributed by atoms with E-state index in [-0.39, 0.29) is 0 Å². The minimum Gasteiger partial charge on any atom is -0.444 e. The van der Waals surface area contributed by atoms with Crippen LogP contribution in [0, 0.1) is 0 Å². The topological polar surface area (TPSA) is 120 Å². The van der Waals surface area contributed by atoms with Crippen molar-refractivity contribution in [3.63, 3.8) is 0 Å². The first-order chi connectivity index (χ1) is 11.5. The van der Waals surface area contributed by atoms with Crippen LogP contribution in [0.15, 0.2) is 24.3 Å². The number of nitrogens with two attached hydrogens (primary N) is 1. The number of carbonyl (C=O) groups excluding carboxylic acids is 3. The molecule has 0 fully saturated rings. The highest BCUT2D eigenvalue weighted by molar-refractivity contribution is 5.89. The van der Waals surface area contributed by atoms with Crippen molar-refractivity contribution >= 4 is 23.7 Å². The van der Waals surface area contributed by atoms with Crippen molar-refractivity contribution in [1.82, 2.24) is 10.6 Å². The zero-order chi connectivity index (χ0) is 19.2. The fourth-order valence-electron chi connectivity index (χ4n) is 1.69. The third-order valence-corrected chi connectivity index (χ3v) is 2.94. The Bertz CT molecular complexity index is 622. The second-order valence-electron chi connectivity index (χ2n) is 6.59. The minimum absolute atomic E-state index is 0.320. The maximum absolute atomic E-state index is 12.1. The zero-order valence-corrected chi connectivity index (χ0v) is 15.1. The van der Waals surface area contributed by atoms with Crippen LogP contribution in [0.5, 0.6) is 5.75 Å². The molecule has 0 spiro atoms. The van der Waals surface area contributed by atoms with Crippen LogP contribution < -0.4 is 21.1 Å². The maximum atomic E-state index is 12.1. The molecule has 25 heavy (non-hydrogen) atoms. The van der Waals surface area contributed by atoms with Crippen LogP contribution in [0.4, 0.5) is 10.5 Å². The van der Waals surface area contributed by atoms with Gasteiger partial charge in [0.1, 0.15) is 23.4 Å². The van der Waals surface area contributed by atoms with Gasteiger partial charge in [-0.1, -0.05) is 0 Å². The van der Waals surface area contributed by atoms with Gasteiger partial charge in [0.15, 0.2) is 0 Å². The molecule has 8 nitrogen and oxygen atoms in total. The van der Waals surface area contributed by atoms with Gasteiger partial charge in [-0.05, 0) is 58.9 Å². The molecule has 0 unspecified atom stereocenters. The Kier molecular flexibility index (Phi) is 6.78. The predicted octanol–water partition coefficient (Wildman–Crippen LogP) is 1.59. The molecule has 0 aliphatic heterocycles. The summed E-state index contributed by atoms with van der Waals surface area (Å²) in [4.78, 5) is 35.7. The first-order valence-corrected chi connectivity index (χ1v) is 7.85. The Morgan fingerprint density at radius 2 is 1.56 bits per heavy atom. The van der Waals surface area contributed by atoms with E-state index in [9.17, 15) is 14.4 Å². The number of nitrogens with one attached hydrogen (secondary N) is 2. The van der Waals surface area contributed by atoms with E-state index in [2.05, 4.69) is 10.6 Å². The molecule has 2 amide bonds. The quantitative estimate of drug-likeness (QED) is 0.421. The molecule has 1 aromatic rings. The summed E-state index contributed by atoms with van der Waals surface area (Å²) in [5.74, 6) is -0.851. The fraction of sp³-hybridized carbons (Fsp3) is 0.471. The lowest BCUT2D eigenvalue weighted by Gasteiger charge is -2.22. The van der Waals surface area contributed by atoms with Crippen molar-refractivity contribution in [2.45, 2.75) is 52.3 Å². The van der Waals surface area contributed by atoms with Crippen LogP contribution in [0.25, 0.3) is 0 Å². The molecule has 1 aromatic carbocycles.